The number of rotatable bonds is 6. The van der Waals surface area contributed by atoms with E-state index >= 15 is 0 Å². The zero-order chi connectivity index (χ0) is 20.1. The Labute approximate surface area is 167 Å². The van der Waals surface area contributed by atoms with Crippen LogP contribution in [-0.2, 0) is 23.3 Å². The van der Waals surface area contributed by atoms with E-state index in [-0.39, 0.29) is 23.8 Å². The van der Waals surface area contributed by atoms with Crippen molar-refractivity contribution in [2.24, 2.45) is 0 Å². The van der Waals surface area contributed by atoms with Crippen LogP contribution in [0.25, 0.3) is 0 Å². The minimum atomic E-state index is -0.163. The maximum atomic E-state index is 12.4. The molecule has 146 valence electrons. The van der Waals surface area contributed by atoms with Gasteiger partial charge < -0.3 is 10.6 Å². The second-order valence-electron chi connectivity index (χ2n) is 7.41. The molecule has 2 heterocycles. The number of nitrogens with zero attached hydrogens (tertiary/aromatic N) is 3. The van der Waals surface area contributed by atoms with Crippen molar-refractivity contribution in [1.29, 1.82) is 0 Å². The van der Waals surface area contributed by atoms with Crippen molar-refractivity contribution in [3.05, 3.63) is 64.4 Å². The zero-order valence-corrected chi connectivity index (χ0v) is 16.9. The molecule has 0 spiro atoms. The van der Waals surface area contributed by atoms with E-state index in [2.05, 4.69) is 41.5 Å². The number of nitrogens with one attached hydrogen (secondary N) is 2. The molecule has 3 aromatic rings. The van der Waals surface area contributed by atoms with Gasteiger partial charge in [0.25, 0.3) is 5.91 Å². The lowest BCUT2D eigenvalue weighted by atomic mass is 9.98. The Balaban J connectivity index is 1.56. The predicted molar refractivity (Wildman–Crippen MR) is 109 cm³/mol. The maximum Gasteiger partial charge on any atom is 0.263 e. The van der Waals surface area contributed by atoms with Crippen molar-refractivity contribution >= 4 is 28.8 Å². The summed E-state index contributed by atoms with van der Waals surface area (Å²) < 4.78 is 1.56. The average molecular weight is 398 g/mol. The minimum Gasteiger partial charge on any atom is -0.347 e. The molecule has 2 N–H and O–H groups in total. The fourth-order valence-electron chi connectivity index (χ4n) is 2.50. The van der Waals surface area contributed by atoms with Crippen molar-refractivity contribution < 1.29 is 9.59 Å². The van der Waals surface area contributed by atoms with Crippen LogP contribution in [0.4, 0.5) is 5.69 Å². The van der Waals surface area contributed by atoms with Crippen LogP contribution in [0, 0.1) is 0 Å². The molecular formula is C20H23N5O2S. The van der Waals surface area contributed by atoms with E-state index in [0.29, 0.717) is 17.1 Å². The quantitative estimate of drug-likeness (QED) is 0.668. The highest BCUT2D eigenvalue weighted by Crippen LogP contribution is 2.26. The van der Waals surface area contributed by atoms with Gasteiger partial charge in [-0.1, -0.05) is 32.9 Å². The number of carbonyl (C=O) groups is 2. The van der Waals surface area contributed by atoms with Crippen LogP contribution in [0.3, 0.4) is 0 Å². The van der Waals surface area contributed by atoms with Gasteiger partial charge in [-0.15, -0.1) is 11.3 Å². The summed E-state index contributed by atoms with van der Waals surface area (Å²) in [5.74, 6) is -0.314. The second kappa shape index (κ2) is 8.35. The molecule has 0 aliphatic carbocycles. The van der Waals surface area contributed by atoms with Crippen molar-refractivity contribution in [1.82, 2.24) is 20.1 Å². The summed E-state index contributed by atoms with van der Waals surface area (Å²) in [5, 5.41) is 10.7. The van der Waals surface area contributed by atoms with Gasteiger partial charge >= 0.3 is 0 Å². The molecule has 7 nitrogen and oxygen atoms in total. The number of aromatic nitrogens is 3. The highest BCUT2D eigenvalue weighted by atomic mass is 32.1. The summed E-state index contributed by atoms with van der Waals surface area (Å²) >= 11 is 1.41. The maximum absolute atomic E-state index is 12.4. The Kier molecular flexibility index (Phi) is 5.89. The molecular weight excluding hydrogens is 374 g/mol. The summed E-state index contributed by atoms with van der Waals surface area (Å²) in [6.07, 6.45) is 4.98. The monoisotopic (exact) mass is 397 g/mol. The molecule has 2 amide bonds. The first-order chi connectivity index (χ1) is 13.3. The fourth-order valence-corrected chi connectivity index (χ4v) is 3.39. The van der Waals surface area contributed by atoms with E-state index in [4.69, 9.17) is 0 Å². The van der Waals surface area contributed by atoms with Gasteiger partial charge in [-0.2, -0.15) is 5.10 Å². The smallest absolute Gasteiger partial charge is 0.263 e. The minimum absolute atomic E-state index is 0.0775. The van der Waals surface area contributed by atoms with Crippen LogP contribution in [-0.4, -0.2) is 26.6 Å². The average Bonchev–Trinajstić information content (AvgIpc) is 3.31. The van der Waals surface area contributed by atoms with E-state index in [1.54, 1.807) is 29.3 Å². The Morgan fingerprint density at radius 1 is 1.21 bits per heavy atom. The molecule has 0 saturated heterocycles. The molecule has 8 heteroatoms. The first-order valence-electron chi connectivity index (χ1n) is 8.92. The van der Waals surface area contributed by atoms with Crippen molar-refractivity contribution in [2.75, 3.05) is 5.32 Å². The molecule has 2 aromatic heterocycles. The van der Waals surface area contributed by atoms with Crippen molar-refractivity contribution in [3.8, 4) is 0 Å². The van der Waals surface area contributed by atoms with Gasteiger partial charge in [-0.05, 0) is 23.8 Å². The summed E-state index contributed by atoms with van der Waals surface area (Å²) in [5.41, 5.74) is 1.49. The third-order valence-electron chi connectivity index (χ3n) is 3.90. The molecule has 28 heavy (non-hydrogen) atoms. The molecule has 3 rings (SSSR count). The van der Waals surface area contributed by atoms with Crippen LogP contribution in [0.15, 0.2) is 48.9 Å². The van der Waals surface area contributed by atoms with Gasteiger partial charge in [0.2, 0.25) is 5.91 Å². The standard InChI is InChI=1S/C20H23N5O2S/c1-20(2,3)19-22-12-16(28-19)18(27)21-11-14-6-4-7-15(10-14)24-17(26)13-25-9-5-8-23-25/h4-10,12H,11,13H2,1-3H3,(H,21,27)(H,24,26). The lowest BCUT2D eigenvalue weighted by Crippen LogP contribution is -2.22. The van der Waals surface area contributed by atoms with Gasteiger partial charge in [0.1, 0.15) is 11.4 Å². The lowest BCUT2D eigenvalue weighted by Gasteiger charge is -2.13. The normalized spacial score (nSPS) is 11.2. The molecule has 0 atom stereocenters. The number of carbonyl (C=O) groups excluding carboxylic acids is 2. The molecule has 1 aromatic carbocycles. The Morgan fingerprint density at radius 2 is 2.04 bits per heavy atom. The summed E-state index contributed by atoms with van der Waals surface area (Å²) in [6.45, 7) is 6.72. The highest BCUT2D eigenvalue weighted by Gasteiger charge is 2.20. The summed E-state index contributed by atoms with van der Waals surface area (Å²) in [4.78, 5) is 29.4. The summed E-state index contributed by atoms with van der Waals surface area (Å²) in [6, 6.07) is 9.16. The largest absolute Gasteiger partial charge is 0.347 e. The third-order valence-corrected chi connectivity index (χ3v) is 5.32. The first kappa shape index (κ1) is 19.8. The van der Waals surface area contributed by atoms with Crippen LogP contribution in [0.2, 0.25) is 0 Å². The van der Waals surface area contributed by atoms with Gasteiger partial charge in [-0.25, -0.2) is 4.98 Å². The van der Waals surface area contributed by atoms with Crippen LogP contribution in [0.5, 0.6) is 0 Å². The number of anilines is 1. The second-order valence-corrected chi connectivity index (χ2v) is 8.45. The van der Waals surface area contributed by atoms with Gasteiger partial charge in [0.05, 0.1) is 11.2 Å². The number of hydrogen-bond donors (Lipinski definition) is 2. The lowest BCUT2D eigenvalue weighted by molar-refractivity contribution is -0.116. The van der Waals surface area contributed by atoms with Crippen LogP contribution >= 0.6 is 11.3 Å². The number of hydrogen-bond acceptors (Lipinski definition) is 5. The van der Waals surface area contributed by atoms with E-state index in [1.165, 1.54) is 11.3 Å². The Bertz CT molecular complexity index is 957. The first-order valence-corrected chi connectivity index (χ1v) is 9.73. The third kappa shape index (κ3) is 5.26. The Morgan fingerprint density at radius 3 is 2.71 bits per heavy atom. The topological polar surface area (TPSA) is 88.9 Å². The van der Waals surface area contributed by atoms with E-state index in [1.807, 2.05) is 24.3 Å². The highest BCUT2D eigenvalue weighted by molar-refractivity contribution is 7.13. The SMILES string of the molecule is CC(C)(C)c1ncc(C(=O)NCc2cccc(NC(=O)Cn3cccn3)c2)s1. The predicted octanol–water partition coefficient (Wildman–Crippen LogP) is 3.21. The molecule has 0 fully saturated rings. The zero-order valence-electron chi connectivity index (χ0n) is 16.1. The van der Waals surface area contributed by atoms with Gasteiger partial charge in [-0.3, -0.25) is 14.3 Å². The van der Waals surface area contributed by atoms with Crippen LogP contribution < -0.4 is 10.6 Å². The number of benzene rings is 1. The summed E-state index contributed by atoms with van der Waals surface area (Å²) in [7, 11) is 0. The molecule has 0 radical (unpaired) electrons. The van der Waals surface area contributed by atoms with Crippen LogP contribution in [0.1, 0.15) is 41.0 Å². The van der Waals surface area contributed by atoms with Gasteiger partial charge in [0, 0.05) is 30.0 Å². The van der Waals surface area contributed by atoms with Crippen molar-refractivity contribution in [2.45, 2.75) is 39.3 Å². The number of thiazole rings is 1. The molecule has 0 saturated carbocycles. The van der Waals surface area contributed by atoms with Gasteiger partial charge in [0.15, 0.2) is 0 Å². The van der Waals surface area contributed by atoms with E-state index < -0.39 is 0 Å². The fraction of sp³-hybridized carbons (Fsp3) is 0.300. The molecule has 0 bridgehead atoms. The van der Waals surface area contributed by atoms with Crippen molar-refractivity contribution in [3.63, 3.8) is 0 Å². The molecule has 0 unspecified atom stereocenters. The van der Waals surface area contributed by atoms with E-state index in [0.717, 1.165) is 10.6 Å². The molecule has 0 aliphatic rings. The molecule has 0 aliphatic heterocycles. The van der Waals surface area contributed by atoms with E-state index in [9.17, 15) is 9.59 Å². The Hall–Kier alpha value is -3.00. The number of amides is 2.